The van der Waals surface area contributed by atoms with Crippen molar-refractivity contribution in [3.05, 3.63) is 63.4 Å². The molecule has 2 rings (SSSR count). The Balaban J connectivity index is 2.20. The SMILES string of the molecule is Cc1ccc(OCc2cc(Br)ccc2F)c([C@H](C)O)c1. The molecule has 4 heteroatoms. The summed E-state index contributed by atoms with van der Waals surface area (Å²) in [5.41, 5.74) is 2.22. The van der Waals surface area contributed by atoms with E-state index in [1.165, 1.54) is 6.07 Å². The standard InChI is InChI=1S/C16H16BrFO2/c1-10-3-6-16(14(7-10)11(2)19)20-9-12-8-13(17)4-5-15(12)18/h3-8,11,19H,9H2,1-2H3/t11-/m0/s1. The minimum atomic E-state index is -0.628. The lowest BCUT2D eigenvalue weighted by Gasteiger charge is -2.14. The number of aliphatic hydroxyl groups excluding tert-OH is 1. The first kappa shape index (κ1) is 15.0. The summed E-state index contributed by atoms with van der Waals surface area (Å²) >= 11 is 3.31. The van der Waals surface area contributed by atoms with Crippen LogP contribution in [0.1, 0.15) is 29.7 Å². The fourth-order valence-electron chi connectivity index (χ4n) is 1.94. The molecule has 20 heavy (non-hydrogen) atoms. The Morgan fingerprint density at radius 2 is 2.00 bits per heavy atom. The van der Waals surface area contributed by atoms with E-state index in [9.17, 15) is 9.50 Å². The molecule has 2 aromatic carbocycles. The van der Waals surface area contributed by atoms with Crippen LogP contribution in [0.4, 0.5) is 4.39 Å². The molecule has 0 aromatic heterocycles. The summed E-state index contributed by atoms with van der Waals surface area (Å²) in [6.45, 7) is 3.75. The van der Waals surface area contributed by atoms with Crippen molar-refractivity contribution in [3.63, 3.8) is 0 Å². The molecule has 0 unspecified atom stereocenters. The number of benzene rings is 2. The summed E-state index contributed by atoms with van der Waals surface area (Å²) < 4.78 is 20.1. The van der Waals surface area contributed by atoms with Gasteiger partial charge in [0.2, 0.25) is 0 Å². The fraction of sp³-hybridized carbons (Fsp3) is 0.250. The summed E-state index contributed by atoms with van der Waals surface area (Å²) in [5.74, 6) is 0.267. The minimum absolute atomic E-state index is 0.119. The Labute approximate surface area is 126 Å². The van der Waals surface area contributed by atoms with Gasteiger partial charge in [0.25, 0.3) is 0 Å². The average Bonchev–Trinajstić information content (AvgIpc) is 2.40. The van der Waals surface area contributed by atoms with Crippen molar-refractivity contribution in [2.75, 3.05) is 0 Å². The van der Waals surface area contributed by atoms with Gasteiger partial charge >= 0.3 is 0 Å². The van der Waals surface area contributed by atoms with Gasteiger partial charge in [0.05, 0.1) is 6.10 Å². The van der Waals surface area contributed by atoms with Crippen LogP contribution in [0.5, 0.6) is 5.75 Å². The molecule has 1 atom stereocenters. The second-order valence-corrected chi connectivity index (χ2v) is 5.66. The fourth-order valence-corrected chi connectivity index (χ4v) is 2.34. The van der Waals surface area contributed by atoms with Crippen LogP contribution in [-0.4, -0.2) is 5.11 Å². The van der Waals surface area contributed by atoms with Gasteiger partial charge in [-0.05, 0) is 44.2 Å². The molecule has 0 amide bonds. The molecule has 0 saturated heterocycles. The summed E-state index contributed by atoms with van der Waals surface area (Å²) in [5, 5.41) is 9.76. The summed E-state index contributed by atoms with van der Waals surface area (Å²) in [6, 6.07) is 10.3. The molecule has 2 nitrogen and oxygen atoms in total. The van der Waals surface area contributed by atoms with Crippen molar-refractivity contribution in [1.82, 2.24) is 0 Å². The van der Waals surface area contributed by atoms with E-state index in [0.29, 0.717) is 16.9 Å². The molecule has 0 bridgehead atoms. The number of rotatable bonds is 4. The number of halogens is 2. The van der Waals surface area contributed by atoms with Crippen LogP contribution in [0.3, 0.4) is 0 Å². The Bertz CT molecular complexity index is 611. The second kappa shape index (κ2) is 6.37. The summed E-state index contributed by atoms with van der Waals surface area (Å²) in [6.07, 6.45) is -0.628. The normalized spacial score (nSPS) is 12.2. The summed E-state index contributed by atoms with van der Waals surface area (Å²) in [7, 11) is 0. The van der Waals surface area contributed by atoms with Crippen LogP contribution >= 0.6 is 15.9 Å². The smallest absolute Gasteiger partial charge is 0.129 e. The first-order valence-electron chi connectivity index (χ1n) is 6.32. The molecular formula is C16H16BrFO2. The summed E-state index contributed by atoms with van der Waals surface area (Å²) in [4.78, 5) is 0. The van der Waals surface area contributed by atoms with E-state index in [-0.39, 0.29) is 12.4 Å². The van der Waals surface area contributed by atoms with Gasteiger partial charge in [0, 0.05) is 15.6 Å². The van der Waals surface area contributed by atoms with Crippen LogP contribution in [0.2, 0.25) is 0 Å². The number of aryl methyl sites for hydroxylation is 1. The van der Waals surface area contributed by atoms with Crippen molar-refractivity contribution in [1.29, 1.82) is 0 Å². The van der Waals surface area contributed by atoms with Crippen molar-refractivity contribution in [3.8, 4) is 5.75 Å². The van der Waals surface area contributed by atoms with E-state index in [2.05, 4.69) is 15.9 Å². The number of aliphatic hydroxyl groups is 1. The van der Waals surface area contributed by atoms with Crippen molar-refractivity contribution in [2.45, 2.75) is 26.6 Å². The molecule has 1 N–H and O–H groups in total. The highest BCUT2D eigenvalue weighted by Crippen LogP contribution is 2.27. The third-order valence-corrected chi connectivity index (χ3v) is 3.50. The number of hydrogen-bond acceptors (Lipinski definition) is 2. The maximum atomic E-state index is 13.6. The van der Waals surface area contributed by atoms with Crippen LogP contribution in [0.15, 0.2) is 40.9 Å². The molecule has 0 fully saturated rings. The van der Waals surface area contributed by atoms with E-state index < -0.39 is 6.10 Å². The lowest BCUT2D eigenvalue weighted by molar-refractivity contribution is 0.189. The Hall–Kier alpha value is -1.39. The van der Waals surface area contributed by atoms with Crippen LogP contribution in [0, 0.1) is 12.7 Å². The quantitative estimate of drug-likeness (QED) is 0.887. The van der Waals surface area contributed by atoms with Gasteiger partial charge in [-0.3, -0.25) is 0 Å². The lowest BCUT2D eigenvalue weighted by atomic mass is 10.1. The topological polar surface area (TPSA) is 29.5 Å². The second-order valence-electron chi connectivity index (χ2n) is 4.74. The number of hydrogen-bond donors (Lipinski definition) is 1. The third-order valence-electron chi connectivity index (χ3n) is 3.01. The van der Waals surface area contributed by atoms with Crippen molar-refractivity contribution in [2.24, 2.45) is 0 Å². The van der Waals surface area contributed by atoms with E-state index in [4.69, 9.17) is 4.74 Å². The Morgan fingerprint density at radius 1 is 1.25 bits per heavy atom. The van der Waals surface area contributed by atoms with Crippen molar-refractivity contribution >= 4 is 15.9 Å². The molecule has 0 spiro atoms. The zero-order chi connectivity index (χ0) is 14.7. The predicted molar refractivity (Wildman–Crippen MR) is 80.2 cm³/mol. The average molecular weight is 339 g/mol. The molecule has 0 radical (unpaired) electrons. The molecule has 0 aliphatic heterocycles. The van der Waals surface area contributed by atoms with Crippen molar-refractivity contribution < 1.29 is 14.2 Å². The maximum Gasteiger partial charge on any atom is 0.129 e. The molecule has 0 saturated carbocycles. The van der Waals surface area contributed by atoms with Crippen LogP contribution in [-0.2, 0) is 6.61 Å². The number of ether oxygens (including phenoxy) is 1. The van der Waals surface area contributed by atoms with Gasteiger partial charge < -0.3 is 9.84 Å². The zero-order valence-corrected chi connectivity index (χ0v) is 12.9. The highest BCUT2D eigenvalue weighted by molar-refractivity contribution is 9.10. The Morgan fingerprint density at radius 3 is 2.70 bits per heavy atom. The molecule has 0 heterocycles. The highest BCUT2D eigenvalue weighted by Gasteiger charge is 2.11. The zero-order valence-electron chi connectivity index (χ0n) is 11.4. The molecular weight excluding hydrogens is 323 g/mol. The predicted octanol–water partition coefficient (Wildman–Crippen LogP) is 4.53. The molecule has 106 valence electrons. The molecule has 0 aliphatic carbocycles. The van der Waals surface area contributed by atoms with Gasteiger partial charge in [0.1, 0.15) is 18.2 Å². The van der Waals surface area contributed by atoms with E-state index >= 15 is 0 Å². The maximum absolute atomic E-state index is 13.6. The lowest BCUT2D eigenvalue weighted by Crippen LogP contribution is -2.03. The van der Waals surface area contributed by atoms with Gasteiger partial charge in [-0.15, -0.1) is 0 Å². The highest BCUT2D eigenvalue weighted by atomic mass is 79.9. The molecule has 0 aliphatic rings. The van der Waals surface area contributed by atoms with E-state index in [1.807, 2.05) is 19.1 Å². The molecule has 2 aromatic rings. The minimum Gasteiger partial charge on any atom is -0.488 e. The largest absolute Gasteiger partial charge is 0.488 e. The van der Waals surface area contributed by atoms with Crippen LogP contribution in [0.25, 0.3) is 0 Å². The van der Waals surface area contributed by atoms with E-state index in [1.54, 1.807) is 25.1 Å². The van der Waals surface area contributed by atoms with E-state index in [0.717, 1.165) is 10.0 Å². The first-order chi connectivity index (χ1) is 9.47. The van der Waals surface area contributed by atoms with Gasteiger partial charge in [-0.1, -0.05) is 27.6 Å². The Kier molecular flexibility index (Phi) is 4.78. The van der Waals surface area contributed by atoms with Crippen LogP contribution < -0.4 is 4.74 Å². The van der Waals surface area contributed by atoms with Gasteiger partial charge in [-0.25, -0.2) is 4.39 Å². The first-order valence-corrected chi connectivity index (χ1v) is 7.12. The van der Waals surface area contributed by atoms with Gasteiger partial charge in [0.15, 0.2) is 0 Å². The monoisotopic (exact) mass is 338 g/mol. The third kappa shape index (κ3) is 3.58. The van der Waals surface area contributed by atoms with Gasteiger partial charge in [-0.2, -0.15) is 0 Å².